The molecule has 0 fully saturated rings. The number of hydrogen-bond acceptors (Lipinski definition) is 4. The molecule has 0 aliphatic heterocycles. The van der Waals surface area contributed by atoms with Crippen LogP contribution in [0.3, 0.4) is 0 Å². The van der Waals surface area contributed by atoms with Gasteiger partial charge in [-0.3, -0.25) is 0 Å². The minimum atomic E-state index is -5.08. The van der Waals surface area contributed by atoms with Gasteiger partial charge in [-0.1, -0.05) is 0 Å². The Morgan fingerprint density at radius 2 is 1.72 bits per heavy atom. The van der Waals surface area contributed by atoms with E-state index in [2.05, 4.69) is 0 Å². The highest BCUT2D eigenvalue weighted by Gasteiger charge is 2.38. The van der Waals surface area contributed by atoms with E-state index < -0.39 is 23.7 Å². The lowest BCUT2D eigenvalue weighted by Gasteiger charge is -2.16. The molecule has 1 aromatic heterocycles. The van der Waals surface area contributed by atoms with Crippen LogP contribution in [-0.4, -0.2) is 28.3 Å². The summed E-state index contributed by atoms with van der Waals surface area (Å²) < 4.78 is 36.4. The first-order chi connectivity index (χ1) is 7.99. The average Bonchev–Trinajstić information content (AvgIpc) is 2.69. The topological polar surface area (TPSA) is 114 Å². The third-order valence-corrected chi connectivity index (χ3v) is 1.81. The van der Waals surface area contributed by atoms with Gasteiger partial charge in [-0.2, -0.15) is 13.2 Å². The summed E-state index contributed by atoms with van der Waals surface area (Å²) in [6.07, 6.45) is -2.36. The Morgan fingerprint density at radius 1 is 1.28 bits per heavy atom. The molecule has 9 heteroatoms. The van der Waals surface area contributed by atoms with Crippen LogP contribution in [0.15, 0.2) is 23.0 Å². The molecular formula is C9H10F3NO5. The Hall–Kier alpha value is -2.03. The third kappa shape index (κ3) is 4.45. The van der Waals surface area contributed by atoms with Crippen LogP contribution < -0.4 is 5.73 Å². The standard InChI is InChI=1S/C7H9NO3.C2HF3O2/c1-7(8,6(9)10)5-2-3-11-4-5;3-2(4,5)1(6)7/h2-4H,8H2,1H3,(H,9,10);(H,6,7)/t7-;/m0./s1. The summed E-state index contributed by atoms with van der Waals surface area (Å²) in [6, 6.07) is 1.54. The molecule has 1 rings (SSSR count). The molecule has 0 radical (unpaired) electrons. The van der Waals surface area contributed by atoms with E-state index in [4.69, 9.17) is 25.2 Å². The fraction of sp³-hybridized carbons (Fsp3) is 0.333. The molecule has 0 saturated heterocycles. The monoisotopic (exact) mass is 269 g/mol. The van der Waals surface area contributed by atoms with Crippen LogP contribution in [0, 0.1) is 0 Å². The van der Waals surface area contributed by atoms with E-state index in [1.807, 2.05) is 0 Å². The van der Waals surface area contributed by atoms with Crippen molar-refractivity contribution in [2.75, 3.05) is 0 Å². The second-order valence-corrected chi connectivity index (χ2v) is 3.32. The summed E-state index contributed by atoms with van der Waals surface area (Å²) in [6.45, 7) is 1.42. The van der Waals surface area contributed by atoms with Gasteiger partial charge >= 0.3 is 18.1 Å². The number of aliphatic carboxylic acids is 2. The van der Waals surface area contributed by atoms with E-state index >= 15 is 0 Å². The van der Waals surface area contributed by atoms with Gasteiger partial charge in [-0.25, -0.2) is 9.59 Å². The zero-order chi connectivity index (χ0) is 14.6. The molecule has 1 atom stereocenters. The highest BCUT2D eigenvalue weighted by atomic mass is 19.4. The van der Waals surface area contributed by atoms with E-state index in [0.717, 1.165) is 0 Å². The van der Waals surface area contributed by atoms with E-state index in [-0.39, 0.29) is 0 Å². The Labute approximate surface area is 98.8 Å². The van der Waals surface area contributed by atoms with Gasteiger partial charge in [0.25, 0.3) is 0 Å². The zero-order valence-electron chi connectivity index (χ0n) is 9.06. The summed E-state index contributed by atoms with van der Waals surface area (Å²) >= 11 is 0. The molecule has 0 bridgehead atoms. The number of nitrogens with two attached hydrogens (primary N) is 1. The first kappa shape index (κ1) is 16.0. The summed E-state index contributed by atoms with van der Waals surface area (Å²) in [7, 11) is 0. The molecule has 0 unspecified atom stereocenters. The maximum Gasteiger partial charge on any atom is 0.490 e. The minimum Gasteiger partial charge on any atom is -0.480 e. The summed E-state index contributed by atoms with van der Waals surface area (Å²) in [5, 5.41) is 15.8. The maximum absolute atomic E-state index is 10.6. The molecule has 1 aromatic rings. The van der Waals surface area contributed by atoms with Crippen molar-refractivity contribution in [3.8, 4) is 0 Å². The van der Waals surface area contributed by atoms with Crippen LogP contribution in [-0.2, 0) is 15.1 Å². The van der Waals surface area contributed by atoms with Gasteiger partial charge in [-0.15, -0.1) is 0 Å². The molecule has 0 aromatic carbocycles. The summed E-state index contributed by atoms with van der Waals surface area (Å²) in [5.41, 5.74) is 4.57. The van der Waals surface area contributed by atoms with Crippen molar-refractivity contribution in [3.63, 3.8) is 0 Å². The third-order valence-electron chi connectivity index (χ3n) is 1.81. The summed E-state index contributed by atoms with van der Waals surface area (Å²) in [4.78, 5) is 19.4. The maximum atomic E-state index is 10.6. The molecule has 0 spiro atoms. The van der Waals surface area contributed by atoms with Gasteiger partial charge in [-0.05, 0) is 13.0 Å². The van der Waals surface area contributed by atoms with Crippen LogP contribution in [0.25, 0.3) is 0 Å². The lowest BCUT2D eigenvalue weighted by Crippen LogP contribution is -2.41. The van der Waals surface area contributed by atoms with Crippen molar-refractivity contribution in [1.29, 1.82) is 0 Å². The fourth-order valence-electron chi connectivity index (χ4n) is 0.683. The lowest BCUT2D eigenvalue weighted by molar-refractivity contribution is -0.192. The van der Waals surface area contributed by atoms with Crippen molar-refractivity contribution in [3.05, 3.63) is 24.2 Å². The highest BCUT2D eigenvalue weighted by Crippen LogP contribution is 2.17. The molecule has 6 nitrogen and oxygen atoms in total. The number of carboxylic acids is 2. The number of carbonyl (C=O) groups is 2. The molecule has 0 aliphatic carbocycles. The van der Waals surface area contributed by atoms with Gasteiger partial charge in [0.1, 0.15) is 5.54 Å². The molecule has 102 valence electrons. The molecule has 0 saturated carbocycles. The van der Waals surface area contributed by atoms with Gasteiger partial charge in [0.2, 0.25) is 0 Å². The van der Waals surface area contributed by atoms with Crippen molar-refractivity contribution >= 4 is 11.9 Å². The van der Waals surface area contributed by atoms with Crippen LogP contribution in [0.2, 0.25) is 0 Å². The molecular weight excluding hydrogens is 259 g/mol. The SMILES string of the molecule is C[C@@](N)(C(=O)O)c1ccoc1.O=C(O)C(F)(F)F. The molecule has 0 amide bonds. The molecule has 0 aliphatic rings. The van der Waals surface area contributed by atoms with Crippen LogP contribution in [0.4, 0.5) is 13.2 Å². The highest BCUT2D eigenvalue weighted by molar-refractivity contribution is 5.79. The van der Waals surface area contributed by atoms with Crippen molar-refractivity contribution in [2.24, 2.45) is 5.73 Å². The first-order valence-corrected chi connectivity index (χ1v) is 4.34. The summed E-state index contributed by atoms with van der Waals surface area (Å²) in [5.74, 6) is -3.83. The largest absolute Gasteiger partial charge is 0.490 e. The normalized spacial score (nSPS) is 14.1. The second-order valence-electron chi connectivity index (χ2n) is 3.32. The van der Waals surface area contributed by atoms with E-state index in [1.165, 1.54) is 25.5 Å². The Kier molecular flexibility index (Phi) is 4.91. The van der Waals surface area contributed by atoms with Crippen molar-refractivity contribution in [2.45, 2.75) is 18.6 Å². The number of rotatable bonds is 2. The number of halogens is 3. The van der Waals surface area contributed by atoms with Crippen molar-refractivity contribution < 1.29 is 37.4 Å². The zero-order valence-corrected chi connectivity index (χ0v) is 9.06. The first-order valence-electron chi connectivity index (χ1n) is 4.34. The fourth-order valence-corrected chi connectivity index (χ4v) is 0.683. The molecule has 18 heavy (non-hydrogen) atoms. The predicted molar refractivity (Wildman–Crippen MR) is 51.6 cm³/mol. The van der Waals surface area contributed by atoms with E-state index in [9.17, 15) is 18.0 Å². The second kappa shape index (κ2) is 5.54. The van der Waals surface area contributed by atoms with Crippen molar-refractivity contribution in [1.82, 2.24) is 0 Å². The quantitative estimate of drug-likeness (QED) is 0.742. The van der Waals surface area contributed by atoms with Crippen LogP contribution in [0.5, 0.6) is 0 Å². The number of hydrogen-bond donors (Lipinski definition) is 3. The predicted octanol–water partition coefficient (Wildman–Crippen LogP) is 1.17. The van der Waals surface area contributed by atoms with Gasteiger partial charge in [0, 0.05) is 5.56 Å². The molecule has 1 heterocycles. The minimum absolute atomic E-state index is 0.463. The van der Waals surface area contributed by atoms with Gasteiger partial charge in [0.15, 0.2) is 0 Å². The number of carboxylic acid groups (broad SMARTS) is 2. The van der Waals surface area contributed by atoms with Gasteiger partial charge in [0.05, 0.1) is 12.5 Å². The smallest absolute Gasteiger partial charge is 0.480 e. The Bertz CT molecular complexity index is 410. The lowest BCUT2D eigenvalue weighted by atomic mass is 9.97. The average molecular weight is 269 g/mol. The van der Waals surface area contributed by atoms with E-state index in [1.54, 1.807) is 0 Å². The molecule has 4 N–H and O–H groups in total. The Morgan fingerprint density at radius 3 is 1.94 bits per heavy atom. The Balaban J connectivity index is 0.000000360. The van der Waals surface area contributed by atoms with Gasteiger partial charge < -0.3 is 20.4 Å². The number of alkyl halides is 3. The number of furan rings is 1. The van der Waals surface area contributed by atoms with Crippen LogP contribution >= 0.6 is 0 Å². The van der Waals surface area contributed by atoms with Crippen LogP contribution in [0.1, 0.15) is 12.5 Å². The van der Waals surface area contributed by atoms with E-state index in [0.29, 0.717) is 5.56 Å².